The third kappa shape index (κ3) is 2.66. The van der Waals surface area contributed by atoms with Crippen LogP contribution in [0.15, 0.2) is 39.8 Å². The van der Waals surface area contributed by atoms with Gasteiger partial charge in [-0.15, -0.1) is 11.3 Å². The summed E-state index contributed by atoms with van der Waals surface area (Å²) in [4.78, 5) is 25.8. The summed E-state index contributed by atoms with van der Waals surface area (Å²) in [5.41, 5.74) is 1.57. The largest absolute Gasteiger partial charge is 0.352 e. The van der Waals surface area contributed by atoms with Crippen molar-refractivity contribution in [3.05, 3.63) is 56.0 Å². The number of carbonyl (C=O) groups excluding carboxylic acids is 1. The maximum absolute atomic E-state index is 12.1. The number of thiazole rings is 1. The molecule has 0 bridgehead atoms. The molecule has 3 aromatic rings. The van der Waals surface area contributed by atoms with Crippen LogP contribution in [-0.4, -0.2) is 17.4 Å². The van der Waals surface area contributed by atoms with Crippen LogP contribution in [-0.2, 0) is 6.42 Å². The number of H-pyrrole nitrogens is 1. The Morgan fingerprint density at radius 3 is 2.85 bits per heavy atom. The second kappa shape index (κ2) is 5.60. The Balaban J connectivity index is 1.66. The second-order valence-electron chi connectivity index (χ2n) is 4.32. The molecule has 2 N–H and O–H groups in total. The van der Waals surface area contributed by atoms with Crippen LogP contribution >= 0.6 is 22.7 Å². The van der Waals surface area contributed by atoms with Crippen molar-refractivity contribution in [3.8, 4) is 0 Å². The fourth-order valence-electron chi connectivity index (χ4n) is 2.00. The summed E-state index contributed by atoms with van der Waals surface area (Å²) in [7, 11) is 0. The monoisotopic (exact) mass is 304 g/mol. The maximum atomic E-state index is 12.1. The van der Waals surface area contributed by atoms with E-state index in [0.717, 1.165) is 27.1 Å². The lowest BCUT2D eigenvalue weighted by Gasteiger charge is -2.03. The first-order valence-electron chi connectivity index (χ1n) is 6.15. The number of fused-ring (bicyclic) bond motifs is 1. The Hall–Kier alpha value is -1.92. The molecule has 0 aliphatic rings. The van der Waals surface area contributed by atoms with Gasteiger partial charge in [0.05, 0.1) is 5.56 Å². The molecule has 0 fully saturated rings. The lowest BCUT2D eigenvalue weighted by atomic mass is 10.1. The van der Waals surface area contributed by atoms with Gasteiger partial charge in [0, 0.05) is 39.5 Å². The van der Waals surface area contributed by atoms with Gasteiger partial charge < -0.3 is 10.3 Å². The molecule has 0 radical (unpaired) electrons. The van der Waals surface area contributed by atoms with E-state index >= 15 is 0 Å². The fraction of sp³-hybridized carbons (Fsp3) is 0.143. The molecule has 2 aromatic heterocycles. The Bertz CT molecular complexity index is 800. The molecule has 0 saturated heterocycles. The number of hydrogen-bond acceptors (Lipinski definition) is 4. The van der Waals surface area contributed by atoms with Gasteiger partial charge >= 0.3 is 4.87 Å². The van der Waals surface area contributed by atoms with Gasteiger partial charge in [0.15, 0.2) is 0 Å². The van der Waals surface area contributed by atoms with Crippen molar-refractivity contribution >= 4 is 38.7 Å². The number of nitrogens with one attached hydrogen (secondary N) is 2. The first kappa shape index (κ1) is 13.1. The van der Waals surface area contributed by atoms with Crippen LogP contribution in [0.5, 0.6) is 0 Å². The Morgan fingerprint density at radius 2 is 2.05 bits per heavy atom. The molecule has 0 atom stereocenters. The first-order chi connectivity index (χ1) is 9.74. The van der Waals surface area contributed by atoms with Crippen LogP contribution < -0.4 is 10.2 Å². The minimum Gasteiger partial charge on any atom is -0.352 e. The van der Waals surface area contributed by atoms with Gasteiger partial charge in [-0.25, -0.2) is 0 Å². The number of amides is 1. The summed E-state index contributed by atoms with van der Waals surface area (Å²) in [6.07, 6.45) is 0.631. The van der Waals surface area contributed by atoms with Gasteiger partial charge in [0.2, 0.25) is 0 Å². The van der Waals surface area contributed by atoms with Crippen molar-refractivity contribution in [1.82, 2.24) is 10.3 Å². The fourth-order valence-corrected chi connectivity index (χ4v) is 3.55. The van der Waals surface area contributed by atoms with Gasteiger partial charge in [0.1, 0.15) is 0 Å². The van der Waals surface area contributed by atoms with Crippen molar-refractivity contribution in [1.29, 1.82) is 0 Å². The van der Waals surface area contributed by atoms with Crippen molar-refractivity contribution in [3.63, 3.8) is 0 Å². The number of aromatic amines is 1. The van der Waals surface area contributed by atoms with E-state index in [-0.39, 0.29) is 10.8 Å². The SMILES string of the molecule is O=C(NCCc1csc(=O)[nH]1)c1csc2ccccc12. The van der Waals surface area contributed by atoms with Crippen LogP contribution in [0.25, 0.3) is 10.1 Å². The van der Waals surface area contributed by atoms with E-state index in [1.54, 1.807) is 16.7 Å². The number of hydrogen-bond donors (Lipinski definition) is 2. The summed E-state index contributed by atoms with van der Waals surface area (Å²) in [5.74, 6) is -0.0694. The van der Waals surface area contributed by atoms with E-state index < -0.39 is 0 Å². The van der Waals surface area contributed by atoms with E-state index in [9.17, 15) is 9.59 Å². The van der Waals surface area contributed by atoms with Crippen molar-refractivity contribution in [2.24, 2.45) is 0 Å². The van der Waals surface area contributed by atoms with E-state index in [1.165, 1.54) is 0 Å². The highest BCUT2D eigenvalue weighted by Crippen LogP contribution is 2.25. The molecule has 3 rings (SSSR count). The molecule has 1 aromatic carbocycles. The van der Waals surface area contributed by atoms with E-state index in [1.807, 2.05) is 29.6 Å². The summed E-state index contributed by atoms with van der Waals surface area (Å²) in [6.45, 7) is 0.510. The highest BCUT2D eigenvalue weighted by molar-refractivity contribution is 7.17. The number of thiophene rings is 1. The van der Waals surface area contributed by atoms with Gasteiger partial charge in [-0.05, 0) is 6.07 Å². The highest BCUT2D eigenvalue weighted by Gasteiger charge is 2.11. The van der Waals surface area contributed by atoms with Gasteiger partial charge in [-0.1, -0.05) is 29.5 Å². The third-order valence-corrected chi connectivity index (χ3v) is 4.66. The molecule has 1 amide bonds. The zero-order valence-electron chi connectivity index (χ0n) is 10.5. The molecule has 6 heteroatoms. The predicted octanol–water partition coefficient (Wildman–Crippen LogP) is 2.62. The number of benzene rings is 1. The summed E-state index contributed by atoms with van der Waals surface area (Å²) in [5, 5.41) is 7.54. The normalized spacial score (nSPS) is 10.8. The average Bonchev–Trinajstić information content (AvgIpc) is 3.05. The van der Waals surface area contributed by atoms with Gasteiger partial charge in [-0.2, -0.15) is 0 Å². The Morgan fingerprint density at radius 1 is 1.20 bits per heavy atom. The molecular weight excluding hydrogens is 292 g/mol. The summed E-state index contributed by atoms with van der Waals surface area (Å²) in [6, 6.07) is 7.86. The number of rotatable bonds is 4. The third-order valence-electron chi connectivity index (χ3n) is 2.98. The molecule has 102 valence electrons. The standard InChI is InChI=1S/C14H12N2O2S2/c17-13(15-6-5-9-7-20-14(18)16-9)11-8-19-12-4-2-1-3-10(11)12/h1-4,7-8H,5-6H2,(H,15,17)(H,16,18). The minimum atomic E-state index is -0.0694. The van der Waals surface area contributed by atoms with Gasteiger partial charge in [-0.3, -0.25) is 9.59 Å². The molecule has 2 heterocycles. The number of aromatic nitrogens is 1. The molecule has 0 spiro atoms. The summed E-state index contributed by atoms with van der Waals surface area (Å²) >= 11 is 2.71. The topological polar surface area (TPSA) is 62.0 Å². The Labute approximate surface area is 123 Å². The lowest BCUT2D eigenvalue weighted by Crippen LogP contribution is -2.25. The zero-order valence-corrected chi connectivity index (χ0v) is 12.1. The van der Waals surface area contributed by atoms with Crippen LogP contribution in [0, 0.1) is 0 Å². The smallest absolute Gasteiger partial charge is 0.304 e. The van der Waals surface area contributed by atoms with Crippen LogP contribution in [0.1, 0.15) is 16.1 Å². The molecular formula is C14H12N2O2S2. The second-order valence-corrected chi connectivity index (χ2v) is 6.08. The molecule has 0 unspecified atom stereocenters. The zero-order chi connectivity index (χ0) is 13.9. The molecule has 4 nitrogen and oxygen atoms in total. The van der Waals surface area contributed by atoms with Crippen molar-refractivity contribution in [2.75, 3.05) is 6.54 Å². The minimum absolute atomic E-state index is 0.0600. The number of carbonyl (C=O) groups is 1. The van der Waals surface area contributed by atoms with Crippen molar-refractivity contribution < 1.29 is 4.79 Å². The highest BCUT2D eigenvalue weighted by atomic mass is 32.1. The Kier molecular flexibility index (Phi) is 3.66. The van der Waals surface area contributed by atoms with E-state index in [2.05, 4.69) is 10.3 Å². The quantitative estimate of drug-likeness (QED) is 0.778. The molecule has 0 saturated carbocycles. The molecule has 20 heavy (non-hydrogen) atoms. The van der Waals surface area contributed by atoms with E-state index in [4.69, 9.17) is 0 Å². The average molecular weight is 304 g/mol. The molecule has 0 aliphatic heterocycles. The van der Waals surface area contributed by atoms with Crippen LogP contribution in [0.4, 0.5) is 0 Å². The summed E-state index contributed by atoms with van der Waals surface area (Å²) < 4.78 is 1.11. The first-order valence-corrected chi connectivity index (χ1v) is 7.91. The van der Waals surface area contributed by atoms with E-state index in [0.29, 0.717) is 18.5 Å². The van der Waals surface area contributed by atoms with Crippen molar-refractivity contribution in [2.45, 2.75) is 6.42 Å². The maximum Gasteiger partial charge on any atom is 0.304 e. The van der Waals surface area contributed by atoms with Crippen LogP contribution in [0.3, 0.4) is 0 Å². The molecule has 0 aliphatic carbocycles. The lowest BCUT2D eigenvalue weighted by molar-refractivity contribution is 0.0956. The van der Waals surface area contributed by atoms with Crippen LogP contribution in [0.2, 0.25) is 0 Å². The predicted molar refractivity (Wildman–Crippen MR) is 82.8 cm³/mol. The van der Waals surface area contributed by atoms with Gasteiger partial charge in [0.25, 0.3) is 5.91 Å².